The number of amides is 1. The van der Waals surface area contributed by atoms with Gasteiger partial charge in [-0.05, 0) is 42.8 Å². The number of carbonyl (C=O) groups excluding carboxylic acids is 2. The van der Waals surface area contributed by atoms with E-state index in [4.69, 9.17) is 27.9 Å². The molecular formula is C19H20Cl2N2O5S. The molecule has 0 radical (unpaired) electrons. The number of anilines is 1. The van der Waals surface area contributed by atoms with Crippen LogP contribution in [0.15, 0.2) is 47.4 Å². The number of nitrogens with one attached hydrogen (secondary N) is 1. The molecule has 2 aromatic carbocycles. The monoisotopic (exact) mass is 458 g/mol. The molecule has 0 heterocycles. The van der Waals surface area contributed by atoms with Crippen LogP contribution in [0.2, 0.25) is 10.0 Å². The van der Waals surface area contributed by atoms with Crippen molar-refractivity contribution in [2.24, 2.45) is 0 Å². The smallest absolute Gasteiger partial charge is 0.311 e. The first-order valence-electron chi connectivity index (χ1n) is 8.47. The van der Waals surface area contributed by atoms with E-state index in [1.807, 2.05) is 0 Å². The van der Waals surface area contributed by atoms with Crippen molar-refractivity contribution < 1.29 is 22.7 Å². The average molecular weight is 459 g/mol. The second kappa shape index (κ2) is 9.58. The maximum Gasteiger partial charge on any atom is 0.311 e. The Kier molecular flexibility index (Phi) is 7.65. The number of benzene rings is 2. The van der Waals surface area contributed by atoms with Gasteiger partial charge in [0.25, 0.3) is 5.91 Å². The Hall–Kier alpha value is -2.13. The van der Waals surface area contributed by atoms with Crippen LogP contribution >= 0.6 is 23.2 Å². The summed E-state index contributed by atoms with van der Waals surface area (Å²) in [5.41, 5.74) is 0.789. The van der Waals surface area contributed by atoms with Crippen LogP contribution in [0.3, 0.4) is 0 Å². The van der Waals surface area contributed by atoms with Crippen LogP contribution in [-0.2, 0) is 30.8 Å². The van der Waals surface area contributed by atoms with Crippen LogP contribution in [0.1, 0.15) is 12.5 Å². The van der Waals surface area contributed by atoms with Crippen molar-refractivity contribution in [3.8, 4) is 0 Å². The van der Waals surface area contributed by atoms with Crippen LogP contribution in [0, 0.1) is 0 Å². The van der Waals surface area contributed by atoms with Gasteiger partial charge in [-0.15, -0.1) is 0 Å². The van der Waals surface area contributed by atoms with E-state index < -0.39 is 28.0 Å². The molecule has 1 atom stereocenters. The van der Waals surface area contributed by atoms with E-state index >= 15 is 0 Å². The Morgan fingerprint density at radius 1 is 1.14 bits per heavy atom. The Morgan fingerprint density at radius 3 is 2.45 bits per heavy atom. The van der Waals surface area contributed by atoms with Crippen LogP contribution in [0.25, 0.3) is 0 Å². The van der Waals surface area contributed by atoms with Gasteiger partial charge < -0.3 is 10.1 Å². The zero-order chi connectivity index (χ0) is 21.8. The molecule has 0 saturated heterocycles. The van der Waals surface area contributed by atoms with Gasteiger partial charge in [-0.25, -0.2) is 12.7 Å². The second-order valence-electron chi connectivity index (χ2n) is 6.35. The first kappa shape index (κ1) is 23.2. The van der Waals surface area contributed by atoms with Crippen molar-refractivity contribution in [1.29, 1.82) is 0 Å². The first-order chi connectivity index (χ1) is 13.5. The van der Waals surface area contributed by atoms with Crippen molar-refractivity contribution >= 4 is 50.8 Å². The summed E-state index contributed by atoms with van der Waals surface area (Å²) in [5.74, 6) is -1.24. The topological polar surface area (TPSA) is 92.8 Å². The Bertz CT molecular complexity index is 1030. The van der Waals surface area contributed by atoms with Crippen LogP contribution in [0.5, 0.6) is 0 Å². The van der Waals surface area contributed by atoms with E-state index in [1.165, 1.54) is 51.4 Å². The Balaban J connectivity index is 2.01. The molecule has 1 amide bonds. The standard InChI is InChI=1S/C19H20Cl2N2O5S/c1-12(28-18(24)9-13-7-8-14(20)10-17(13)21)19(25)22-15-5-4-6-16(11-15)29(26,27)23(2)3/h4-8,10-12H,9H2,1-3H3,(H,22,25). The number of nitrogens with zero attached hydrogens (tertiary/aromatic N) is 1. The number of carbonyl (C=O) groups is 2. The largest absolute Gasteiger partial charge is 0.452 e. The summed E-state index contributed by atoms with van der Waals surface area (Å²) >= 11 is 11.8. The van der Waals surface area contributed by atoms with Crippen molar-refractivity contribution in [3.63, 3.8) is 0 Å². The highest BCUT2D eigenvalue weighted by Gasteiger charge is 2.21. The van der Waals surface area contributed by atoms with E-state index in [2.05, 4.69) is 5.32 Å². The highest BCUT2D eigenvalue weighted by atomic mass is 35.5. The normalized spacial score (nSPS) is 12.5. The molecule has 0 aliphatic heterocycles. The molecule has 0 saturated carbocycles. The third-order valence-corrected chi connectivity index (χ3v) is 6.31. The van der Waals surface area contributed by atoms with Crippen LogP contribution in [0.4, 0.5) is 5.69 Å². The summed E-state index contributed by atoms with van der Waals surface area (Å²) in [6.07, 6.45) is -1.22. The first-order valence-corrected chi connectivity index (χ1v) is 10.7. The molecule has 29 heavy (non-hydrogen) atoms. The van der Waals surface area contributed by atoms with Crippen LogP contribution < -0.4 is 5.32 Å². The number of esters is 1. The third kappa shape index (κ3) is 6.17. The molecule has 0 aliphatic carbocycles. The SMILES string of the molecule is CC(OC(=O)Cc1ccc(Cl)cc1Cl)C(=O)Nc1cccc(S(=O)(=O)N(C)C)c1. The highest BCUT2D eigenvalue weighted by Crippen LogP contribution is 2.22. The van der Waals surface area contributed by atoms with Crippen molar-refractivity contribution in [2.45, 2.75) is 24.3 Å². The van der Waals surface area contributed by atoms with E-state index in [-0.39, 0.29) is 17.0 Å². The van der Waals surface area contributed by atoms with Crippen molar-refractivity contribution in [2.75, 3.05) is 19.4 Å². The van der Waals surface area contributed by atoms with E-state index in [0.29, 0.717) is 15.6 Å². The highest BCUT2D eigenvalue weighted by molar-refractivity contribution is 7.89. The van der Waals surface area contributed by atoms with Gasteiger partial charge in [-0.3, -0.25) is 9.59 Å². The molecule has 7 nitrogen and oxygen atoms in total. The quantitative estimate of drug-likeness (QED) is 0.642. The summed E-state index contributed by atoms with van der Waals surface area (Å²) in [5, 5.41) is 3.31. The number of hydrogen-bond donors (Lipinski definition) is 1. The van der Waals surface area contributed by atoms with Gasteiger partial charge in [0.1, 0.15) is 0 Å². The number of sulfonamides is 1. The Labute approximate surface area is 179 Å². The number of halogens is 2. The maximum absolute atomic E-state index is 12.3. The minimum Gasteiger partial charge on any atom is -0.452 e. The van der Waals surface area contributed by atoms with Gasteiger partial charge in [-0.2, -0.15) is 0 Å². The van der Waals surface area contributed by atoms with E-state index in [1.54, 1.807) is 12.1 Å². The Morgan fingerprint density at radius 2 is 1.83 bits per heavy atom. The molecule has 10 heteroatoms. The van der Waals surface area contributed by atoms with Crippen molar-refractivity contribution in [1.82, 2.24) is 4.31 Å². The minimum absolute atomic E-state index is 0.0299. The fourth-order valence-corrected chi connectivity index (χ4v) is 3.73. The zero-order valence-electron chi connectivity index (χ0n) is 16.0. The molecular weight excluding hydrogens is 439 g/mol. The fraction of sp³-hybridized carbons (Fsp3) is 0.263. The van der Waals surface area contributed by atoms with Gasteiger partial charge in [0.15, 0.2) is 6.10 Å². The van der Waals surface area contributed by atoms with Gasteiger partial charge in [0.2, 0.25) is 10.0 Å². The molecule has 0 aliphatic rings. The molecule has 2 aromatic rings. The number of ether oxygens (including phenoxy) is 1. The van der Waals surface area contributed by atoms with Gasteiger partial charge in [0, 0.05) is 29.8 Å². The van der Waals surface area contributed by atoms with Gasteiger partial charge in [0.05, 0.1) is 11.3 Å². The summed E-state index contributed by atoms with van der Waals surface area (Å²) in [6, 6.07) is 10.5. The molecule has 2 rings (SSSR count). The summed E-state index contributed by atoms with van der Waals surface area (Å²) in [6.45, 7) is 1.41. The lowest BCUT2D eigenvalue weighted by Crippen LogP contribution is -2.30. The maximum atomic E-state index is 12.3. The summed E-state index contributed by atoms with van der Waals surface area (Å²) < 4.78 is 30.6. The molecule has 0 spiro atoms. The third-order valence-electron chi connectivity index (χ3n) is 3.91. The predicted octanol–water partition coefficient (Wildman–Crippen LogP) is 3.36. The lowest BCUT2D eigenvalue weighted by atomic mass is 10.1. The predicted molar refractivity (Wildman–Crippen MR) is 112 cm³/mol. The molecule has 1 unspecified atom stereocenters. The molecule has 0 aromatic heterocycles. The zero-order valence-corrected chi connectivity index (χ0v) is 18.3. The molecule has 1 N–H and O–H groups in total. The second-order valence-corrected chi connectivity index (χ2v) is 9.34. The van der Waals surface area contributed by atoms with E-state index in [0.717, 1.165) is 4.31 Å². The van der Waals surface area contributed by atoms with Gasteiger partial charge >= 0.3 is 5.97 Å². The molecule has 0 bridgehead atoms. The minimum atomic E-state index is -3.64. The lowest BCUT2D eigenvalue weighted by molar-refractivity contribution is -0.152. The van der Waals surface area contributed by atoms with Crippen LogP contribution in [-0.4, -0.2) is 44.8 Å². The number of hydrogen-bond acceptors (Lipinski definition) is 5. The fourth-order valence-electron chi connectivity index (χ4n) is 2.30. The van der Waals surface area contributed by atoms with Crippen molar-refractivity contribution in [3.05, 3.63) is 58.1 Å². The summed E-state index contributed by atoms with van der Waals surface area (Å²) in [4.78, 5) is 24.4. The molecule has 156 valence electrons. The van der Waals surface area contributed by atoms with E-state index in [9.17, 15) is 18.0 Å². The average Bonchev–Trinajstić information content (AvgIpc) is 2.64. The molecule has 0 fully saturated rings. The lowest BCUT2D eigenvalue weighted by Gasteiger charge is -2.15. The van der Waals surface area contributed by atoms with Gasteiger partial charge in [-0.1, -0.05) is 35.3 Å². The summed E-state index contributed by atoms with van der Waals surface area (Å²) in [7, 11) is -0.818. The number of rotatable bonds is 7.